The fourth-order valence-electron chi connectivity index (χ4n) is 1.15. The smallest absolute Gasteiger partial charge is 0.216 e. The predicted molar refractivity (Wildman–Crippen MR) is 59.1 cm³/mol. The van der Waals surface area contributed by atoms with Crippen molar-refractivity contribution >= 4 is 26.1 Å². The van der Waals surface area contributed by atoms with Crippen LogP contribution in [-0.2, 0) is 22.9 Å². The predicted octanol–water partition coefficient (Wildman–Crippen LogP) is 1.76. The molecule has 0 unspecified atom stereocenters. The standard InChI is InChI=1S/C8H8BrF3N2O2S/c9-6-2-1-5(4-14-17(13,15)16)7(3-6)8(10,11)12/h1-3,14H,4H2,(H2,13,15,16). The molecule has 0 fully saturated rings. The number of hydrogen-bond donors (Lipinski definition) is 2. The molecule has 0 saturated heterocycles. The third kappa shape index (κ3) is 4.62. The molecule has 0 aromatic heterocycles. The summed E-state index contributed by atoms with van der Waals surface area (Å²) in [7, 11) is -4.02. The lowest BCUT2D eigenvalue weighted by atomic mass is 10.1. The fraction of sp³-hybridized carbons (Fsp3) is 0.250. The molecular formula is C8H8BrF3N2O2S. The summed E-state index contributed by atoms with van der Waals surface area (Å²) in [6.07, 6.45) is -4.56. The Balaban J connectivity index is 3.07. The van der Waals surface area contributed by atoms with E-state index in [0.29, 0.717) is 0 Å². The van der Waals surface area contributed by atoms with Gasteiger partial charge in [-0.2, -0.15) is 26.3 Å². The normalized spacial score (nSPS) is 12.8. The van der Waals surface area contributed by atoms with Crippen molar-refractivity contribution in [3.8, 4) is 0 Å². The van der Waals surface area contributed by atoms with E-state index in [4.69, 9.17) is 0 Å². The van der Waals surface area contributed by atoms with Crippen molar-refractivity contribution in [3.05, 3.63) is 33.8 Å². The molecule has 0 amide bonds. The Kier molecular flexibility index (Phi) is 4.18. The molecule has 0 atom stereocenters. The second-order valence-corrected chi connectivity index (χ2v) is 5.46. The van der Waals surface area contributed by atoms with E-state index in [-0.39, 0.29) is 10.0 Å². The van der Waals surface area contributed by atoms with Gasteiger partial charge in [0.1, 0.15) is 0 Å². The Labute approximate surface area is 104 Å². The van der Waals surface area contributed by atoms with Crippen LogP contribution in [0.4, 0.5) is 13.2 Å². The summed E-state index contributed by atoms with van der Waals surface area (Å²) in [6.45, 7) is -0.513. The SMILES string of the molecule is NS(=O)(=O)NCc1ccc(Br)cc1C(F)(F)F. The molecule has 3 N–H and O–H groups in total. The molecule has 4 nitrogen and oxygen atoms in total. The zero-order valence-corrected chi connectivity index (χ0v) is 10.7. The number of halogens is 4. The highest BCUT2D eigenvalue weighted by atomic mass is 79.9. The molecule has 0 aliphatic heterocycles. The summed E-state index contributed by atoms with van der Waals surface area (Å²) in [5.74, 6) is 0. The highest BCUT2D eigenvalue weighted by molar-refractivity contribution is 9.10. The zero-order chi connectivity index (χ0) is 13.3. The van der Waals surface area contributed by atoms with Crippen LogP contribution in [0, 0.1) is 0 Å². The van der Waals surface area contributed by atoms with Gasteiger partial charge >= 0.3 is 6.18 Å². The third-order valence-electron chi connectivity index (χ3n) is 1.84. The van der Waals surface area contributed by atoms with E-state index < -0.39 is 28.5 Å². The van der Waals surface area contributed by atoms with Gasteiger partial charge in [-0.1, -0.05) is 22.0 Å². The molecule has 0 aliphatic carbocycles. The maximum atomic E-state index is 12.6. The van der Waals surface area contributed by atoms with Crippen molar-refractivity contribution in [2.75, 3.05) is 0 Å². The van der Waals surface area contributed by atoms with Gasteiger partial charge in [-0.05, 0) is 17.7 Å². The maximum Gasteiger partial charge on any atom is 0.416 e. The van der Waals surface area contributed by atoms with Crippen molar-refractivity contribution in [1.82, 2.24) is 4.72 Å². The highest BCUT2D eigenvalue weighted by Crippen LogP contribution is 2.33. The lowest BCUT2D eigenvalue weighted by Crippen LogP contribution is -2.31. The van der Waals surface area contributed by atoms with Gasteiger partial charge in [-0.3, -0.25) is 0 Å². The molecule has 0 spiro atoms. The number of rotatable bonds is 3. The topological polar surface area (TPSA) is 72.2 Å². The van der Waals surface area contributed by atoms with Crippen molar-refractivity contribution in [2.45, 2.75) is 12.7 Å². The van der Waals surface area contributed by atoms with Crippen molar-refractivity contribution in [1.29, 1.82) is 0 Å². The van der Waals surface area contributed by atoms with Gasteiger partial charge in [-0.15, -0.1) is 0 Å². The van der Waals surface area contributed by atoms with Gasteiger partial charge < -0.3 is 0 Å². The first kappa shape index (κ1) is 14.4. The molecule has 0 saturated carbocycles. The Hall–Kier alpha value is -0.640. The fourth-order valence-corrected chi connectivity index (χ4v) is 1.86. The van der Waals surface area contributed by atoms with E-state index in [1.54, 1.807) is 4.72 Å². The molecule has 1 aromatic rings. The van der Waals surface area contributed by atoms with Crippen molar-refractivity contribution < 1.29 is 21.6 Å². The lowest BCUT2D eigenvalue weighted by molar-refractivity contribution is -0.138. The second-order valence-electron chi connectivity index (χ2n) is 3.17. The monoisotopic (exact) mass is 332 g/mol. The minimum Gasteiger partial charge on any atom is -0.216 e. The van der Waals surface area contributed by atoms with E-state index in [1.807, 2.05) is 0 Å². The molecule has 96 valence electrons. The molecular weight excluding hydrogens is 325 g/mol. The summed E-state index contributed by atoms with van der Waals surface area (Å²) in [5.41, 5.74) is -1.11. The number of nitrogens with two attached hydrogens (primary N) is 1. The summed E-state index contributed by atoms with van der Waals surface area (Å²) < 4.78 is 61.1. The molecule has 0 bridgehead atoms. The minimum absolute atomic E-state index is 0.199. The lowest BCUT2D eigenvalue weighted by Gasteiger charge is -2.13. The van der Waals surface area contributed by atoms with Crippen LogP contribution < -0.4 is 9.86 Å². The van der Waals surface area contributed by atoms with Crippen molar-refractivity contribution in [2.24, 2.45) is 5.14 Å². The first-order chi connectivity index (χ1) is 7.59. The van der Waals surface area contributed by atoms with Crippen LogP contribution in [0.1, 0.15) is 11.1 Å². The van der Waals surface area contributed by atoms with Gasteiger partial charge in [0.2, 0.25) is 0 Å². The highest BCUT2D eigenvalue weighted by Gasteiger charge is 2.33. The zero-order valence-electron chi connectivity index (χ0n) is 8.25. The quantitative estimate of drug-likeness (QED) is 0.885. The van der Waals surface area contributed by atoms with Crippen LogP contribution in [0.15, 0.2) is 22.7 Å². The maximum absolute atomic E-state index is 12.6. The first-order valence-corrected chi connectivity index (χ1v) is 6.56. The van der Waals surface area contributed by atoms with Gasteiger partial charge in [-0.25, -0.2) is 5.14 Å². The van der Waals surface area contributed by atoms with Crippen molar-refractivity contribution in [3.63, 3.8) is 0 Å². The largest absolute Gasteiger partial charge is 0.416 e. The van der Waals surface area contributed by atoms with Gasteiger partial charge in [0.05, 0.1) is 5.56 Å². The summed E-state index contributed by atoms with van der Waals surface area (Å²) >= 11 is 2.92. The number of alkyl halides is 3. The molecule has 1 aromatic carbocycles. The Morgan fingerprint density at radius 3 is 2.41 bits per heavy atom. The van der Waals surface area contributed by atoms with E-state index in [0.717, 1.165) is 6.07 Å². The Morgan fingerprint density at radius 2 is 1.94 bits per heavy atom. The van der Waals surface area contributed by atoms with Crippen LogP contribution in [0.25, 0.3) is 0 Å². The van der Waals surface area contributed by atoms with Crippen LogP contribution >= 0.6 is 15.9 Å². The number of hydrogen-bond acceptors (Lipinski definition) is 2. The Bertz CT molecular complexity index is 516. The first-order valence-electron chi connectivity index (χ1n) is 4.22. The molecule has 17 heavy (non-hydrogen) atoms. The number of benzene rings is 1. The van der Waals surface area contributed by atoms with Gasteiger partial charge in [0.15, 0.2) is 0 Å². The van der Waals surface area contributed by atoms with Crippen LogP contribution in [0.3, 0.4) is 0 Å². The average molecular weight is 333 g/mol. The summed E-state index contributed by atoms with van der Waals surface area (Å²) in [4.78, 5) is 0. The van der Waals surface area contributed by atoms with Crippen LogP contribution in [-0.4, -0.2) is 8.42 Å². The van der Waals surface area contributed by atoms with Crippen LogP contribution in [0.5, 0.6) is 0 Å². The molecule has 0 radical (unpaired) electrons. The Morgan fingerprint density at radius 1 is 1.35 bits per heavy atom. The van der Waals surface area contributed by atoms with E-state index in [9.17, 15) is 21.6 Å². The van der Waals surface area contributed by atoms with Gasteiger partial charge in [0, 0.05) is 11.0 Å². The van der Waals surface area contributed by atoms with E-state index in [1.165, 1.54) is 12.1 Å². The molecule has 9 heteroatoms. The number of nitrogens with one attached hydrogen (secondary N) is 1. The summed E-state index contributed by atoms with van der Waals surface area (Å²) in [6, 6.07) is 3.43. The average Bonchev–Trinajstić information content (AvgIpc) is 2.13. The molecule has 0 heterocycles. The van der Waals surface area contributed by atoms with E-state index in [2.05, 4.69) is 21.1 Å². The second kappa shape index (κ2) is 4.92. The minimum atomic E-state index is -4.56. The van der Waals surface area contributed by atoms with Gasteiger partial charge in [0.25, 0.3) is 10.2 Å². The van der Waals surface area contributed by atoms with Crippen LogP contribution in [0.2, 0.25) is 0 Å². The molecule has 0 aliphatic rings. The molecule has 1 rings (SSSR count). The third-order valence-corrected chi connectivity index (χ3v) is 2.88. The summed E-state index contributed by atoms with van der Waals surface area (Å²) in [5, 5.41) is 4.64. The van der Waals surface area contributed by atoms with E-state index >= 15 is 0 Å².